The molecule has 4 heterocycles. The average molecular weight is 559 g/mol. The van der Waals surface area contributed by atoms with Crippen molar-refractivity contribution in [3.05, 3.63) is 59.8 Å². The second-order valence-electron chi connectivity index (χ2n) is 10.7. The number of likely N-dealkylation sites (N-methyl/N-ethyl adjacent to an activating group) is 1. The first kappa shape index (κ1) is 26.6. The molecule has 1 saturated heterocycles. The number of nitrogens with zero attached hydrogens (tertiary/aromatic N) is 8. The lowest BCUT2D eigenvalue weighted by Crippen LogP contribution is -2.36. The number of aromatic nitrogens is 6. The van der Waals surface area contributed by atoms with Gasteiger partial charge in [0.2, 0.25) is 17.7 Å². The Morgan fingerprint density at radius 1 is 1.15 bits per heavy atom. The lowest BCUT2D eigenvalue weighted by Gasteiger charge is -2.30. The topological polar surface area (TPSA) is 115 Å². The number of carbonyl (C=O) groups excluding carboxylic acids is 2. The Morgan fingerprint density at radius 2 is 1.93 bits per heavy atom. The monoisotopic (exact) mass is 558 g/mol. The Kier molecular flexibility index (Phi) is 6.76. The largest absolute Gasteiger partial charge is 0.343 e. The number of aryl methyl sites for hydroxylation is 2. The van der Waals surface area contributed by atoms with Gasteiger partial charge in [0.05, 0.1) is 29.5 Å². The highest BCUT2D eigenvalue weighted by Crippen LogP contribution is 2.39. The maximum Gasteiger partial charge on any atom is 0.244 e. The zero-order valence-electron chi connectivity index (χ0n) is 23.5. The molecule has 0 spiro atoms. The third kappa shape index (κ3) is 4.94. The van der Waals surface area contributed by atoms with E-state index >= 15 is 4.39 Å². The van der Waals surface area contributed by atoms with Gasteiger partial charge < -0.3 is 14.3 Å². The number of benzene rings is 2. The third-order valence-electron chi connectivity index (χ3n) is 7.92. The van der Waals surface area contributed by atoms with Crippen molar-refractivity contribution >= 4 is 33.6 Å². The SMILES string of the molecule is CC(=O)N1CCC(c2nn(CC(=O)N(C)Cc3noc(C)n3)c3cccc(-c4cc5c(cnn5C)cc4F)c23)CC1. The number of likely N-dealkylation sites (tertiary alicyclic amines) is 1. The van der Waals surface area contributed by atoms with Crippen LogP contribution >= 0.6 is 0 Å². The van der Waals surface area contributed by atoms with Gasteiger partial charge in [-0.25, -0.2) is 4.39 Å². The van der Waals surface area contributed by atoms with Crippen molar-refractivity contribution < 1.29 is 18.5 Å². The quantitative estimate of drug-likeness (QED) is 0.311. The van der Waals surface area contributed by atoms with Gasteiger partial charge in [-0.15, -0.1) is 0 Å². The molecule has 2 aromatic carbocycles. The van der Waals surface area contributed by atoms with E-state index in [4.69, 9.17) is 9.62 Å². The minimum Gasteiger partial charge on any atom is -0.343 e. The van der Waals surface area contributed by atoms with Crippen LogP contribution in [0.4, 0.5) is 4.39 Å². The van der Waals surface area contributed by atoms with E-state index in [1.807, 2.05) is 36.2 Å². The molecule has 12 heteroatoms. The Bertz CT molecular complexity index is 1780. The molecule has 2 amide bonds. The number of amides is 2. The number of carbonyl (C=O) groups is 2. The molecule has 1 aliphatic heterocycles. The second kappa shape index (κ2) is 10.4. The molecular weight excluding hydrogens is 527 g/mol. The van der Waals surface area contributed by atoms with Crippen LogP contribution in [0.2, 0.25) is 0 Å². The fraction of sp³-hybridized carbons (Fsp3) is 0.379. The van der Waals surface area contributed by atoms with Gasteiger partial charge in [-0.3, -0.25) is 19.0 Å². The lowest BCUT2D eigenvalue weighted by atomic mass is 9.89. The first-order valence-electron chi connectivity index (χ1n) is 13.6. The summed E-state index contributed by atoms with van der Waals surface area (Å²) in [5, 5.41) is 14.7. The summed E-state index contributed by atoms with van der Waals surface area (Å²) in [5.74, 6) is 0.427. The third-order valence-corrected chi connectivity index (χ3v) is 7.92. The molecule has 212 valence electrons. The van der Waals surface area contributed by atoms with Crippen LogP contribution in [-0.2, 0) is 29.7 Å². The summed E-state index contributed by atoms with van der Waals surface area (Å²) in [5.41, 5.74) is 3.53. The Balaban J connectivity index is 1.42. The van der Waals surface area contributed by atoms with Crippen molar-refractivity contribution in [2.24, 2.45) is 7.05 Å². The first-order valence-corrected chi connectivity index (χ1v) is 13.6. The molecule has 6 rings (SSSR count). The Labute approximate surface area is 235 Å². The van der Waals surface area contributed by atoms with Gasteiger partial charge in [0.15, 0.2) is 5.82 Å². The van der Waals surface area contributed by atoms with Gasteiger partial charge in [-0.2, -0.15) is 15.2 Å². The minimum atomic E-state index is -0.352. The number of halogens is 1. The molecule has 0 N–H and O–H groups in total. The molecule has 5 aromatic rings. The smallest absolute Gasteiger partial charge is 0.244 e. The highest BCUT2D eigenvalue weighted by Gasteiger charge is 2.29. The summed E-state index contributed by atoms with van der Waals surface area (Å²) in [6, 6.07) is 9.00. The number of fused-ring (bicyclic) bond motifs is 2. The molecule has 11 nitrogen and oxygen atoms in total. The molecule has 0 unspecified atom stereocenters. The van der Waals surface area contributed by atoms with E-state index in [0.29, 0.717) is 35.9 Å². The van der Waals surface area contributed by atoms with Gasteiger partial charge >= 0.3 is 0 Å². The summed E-state index contributed by atoms with van der Waals surface area (Å²) >= 11 is 0. The Morgan fingerprint density at radius 3 is 2.63 bits per heavy atom. The van der Waals surface area contributed by atoms with E-state index in [-0.39, 0.29) is 36.6 Å². The number of hydrogen-bond acceptors (Lipinski definition) is 7. The van der Waals surface area contributed by atoms with E-state index < -0.39 is 0 Å². The Hall–Kier alpha value is -4.61. The van der Waals surface area contributed by atoms with E-state index in [2.05, 4.69) is 15.2 Å². The average Bonchev–Trinajstić information content (AvgIpc) is 3.65. The van der Waals surface area contributed by atoms with Gasteiger partial charge in [0.25, 0.3) is 0 Å². The van der Waals surface area contributed by atoms with Crippen LogP contribution in [0.15, 0.2) is 41.1 Å². The van der Waals surface area contributed by atoms with Gasteiger partial charge in [0.1, 0.15) is 12.4 Å². The highest BCUT2D eigenvalue weighted by molar-refractivity contribution is 6.00. The predicted octanol–water partition coefficient (Wildman–Crippen LogP) is 3.81. The molecule has 3 aromatic heterocycles. The van der Waals surface area contributed by atoms with Gasteiger partial charge in [-0.05, 0) is 36.6 Å². The summed E-state index contributed by atoms with van der Waals surface area (Å²) in [4.78, 5) is 32.8. The maximum atomic E-state index is 15.6. The van der Waals surface area contributed by atoms with Crippen molar-refractivity contribution in [2.75, 3.05) is 20.1 Å². The highest BCUT2D eigenvalue weighted by atomic mass is 19.1. The van der Waals surface area contributed by atoms with Crippen molar-refractivity contribution in [2.45, 2.75) is 45.7 Å². The normalized spacial score (nSPS) is 14.3. The van der Waals surface area contributed by atoms with Crippen LogP contribution in [0.1, 0.15) is 43.1 Å². The van der Waals surface area contributed by atoms with Crippen LogP contribution in [-0.4, -0.2) is 71.5 Å². The zero-order valence-corrected chi connectivity index (χ0v) is 23.5. The van der Waals surface area contributed by atoms with Crippen LogP contribution in [0.5, 0.6) is 0 Å². The van der Waals surface area contributed by atoms with Crippen molar-refractivity contribution in [3.8, 4) is 11.1 Å². The minimum absolute atomic E-state index is 0.0111. The molecule has 0 radical (unpaired) electrons. The van der Waals surface area contributed by atoms with Crippen molar-refractivity contribution in [3.63, 3.8) is 0 Å². The van der Waals surface area contributed by atoms with E-state index in [1.54, 1.807) is 36.5 Å². The lowest BCUT2D eigenvalue weighted by molar-refractivity contribution is -0.131. The maximum absolute atomic E-state index is 15.6. The summed E-state index contributed by atoms with van der Waals surface area (Å²) in [6.07, 6.45) is 3.11. The van der Waals surface area contributed by atoms with Crippen LogP contribution < -0.4 is 0 Å². The van der Waals surface area contributed by atoms with Crippen molar-refractivity contribution in [1.29, 1.82) is 0 Å². The molecule has 0 atom stereocenters. The van der Waals surface area contributed by atoms with E-state index in [0.717, 1.165) is 40.3 Å². The molecule has 0 aliphatic carbocycles. The number of rotatable bonds is 6. The number of piperidine rings is 1. The summed E-state index contributed by atoms with van der Waals surface area (Å²) < 4.78 is 24.1. The molecular formula is C29H31FN8O3. The van der Waals surface area contributed by atoms with E-state index in [9.17, 15) is 9.59 Å². The summed E-state index contributed by atoms with van der Waals surface area (Å²) in [6.45, 7) is 4.71. The van der Waals surface area contributed by atoms with Gasteiger partial charge in [0, 0.05) is 63.3 Å². The molecule has 0 saturated carbocycles. The molecule has 0 bridgehead atoms. The molecule has 1 fully saturated rings. The molecule has 1 aliphatic rings. The fourth-order valence-corrected chi connectivity index (χ4v) is 5.69. The van der Waals surface area contributed by atoms with E-state index in [1.165, 1.54) is 11.0 Å². The van der Waals surface area contributed by atoms with Gasteiger partial charge in [-0.1, -0.05) is 17.3 Å². The van der Waals surface area contributed by atoms with Crippen LogP contribution in [0, 0.1) is 12.7 Å². The standard InChI is InChI=1S/C29H31FN8O3/c1-17-32-26(34-41-17)15-35(3)27(40)16-38-24-7-5-6-21(22-13-25-20(12-23(22)30)14-31-36(25)4)28(24)29(33-38)19-8-10-37(11-9-19)18(2)39/h5-7,12-14,19H,8-11,15-16H2,1-4H3. The zero-order chi connectivity index (χ0) is 28.8. The first-order chi connectivity index (χ1) is 19.7. The number of hydrogen-bond donors (Lipinski definition) is 0. The molecule has 41 heavy (non-hydrogen) atoms. The second-order valence-corrected chi connectivity index (χ2v) is 10.7. The fourth-order valence-electron chi connectivity index (χ4n) is 5.69. The van der Waals surface area contributed by atoms with Crippen LogP contribution in [0.3, 0.4) is 0 Å². The van der Waals surface area contributed by atoms with Crippen LogP contribution in [0.25, 0.3) is 32.9 Å². The summed E-state index contributed by atoms with van der Waals surface area (Å²) in [7, 11) is 3.51. The van der Waals surface area contributed by atoms with Crippen molar-refractivity contribution in [1.82, 2.24) is 39.5 Å². The predicted molar refractivity (Wildman–Crippen MR) is 149 cm³/mol.